The Balaban J connectivity index is 1.33. The number of aromatic nitrogens is 2. The van der Waals surface area contributed by atoms with Crippen LogP contribution in [0, 0.1) is 5.92 Å². The second kappa shape index (κ2) is 10.9. The molecular formula is C26H36ClN3O3. The lowest BCUT2D eigenvalue weighted by molar-refractivity contribution is 0.174. The van der Waals surface area contributed by atoms with Crippen LogP contribution in [0.4, 0.5) is 0 Å². The van der Waals surface area contributed by atoms with Gasteiger partial charge in [0.1, 0.15) is 5.75 Å². The molecule has 1 aliphatic heterocycles. The van der Waals surface area contributed by atoms with Crippen molar-refractivity contribution in [1.82, 2.24) is 14.5 Å². The molecule has 0 amide bonds. The van der Waals surface area contributed by atoms with E-state index in [-0.39, 0.29) is 23.4 Å². The minimum atomic E-state index is -0.252. The van der Waals surface area contributed by atoms with Crippen LogP contribution in [0.2, 0.25) is 5.02 Å². The van der Waals surface area contributed by atoms with Crippen LogP contribution in [0.1, 0.15) is 76.1 Å². The van der Waals surface area contributed by atoms with Gasteiger partial charge in [-0.1, -0.05) is 30.9 Å². The number of piperidine rings is 1. The average Bonchev–Trinajstić information content (AvgIpc) is 2.77. The van der Waals surface area contributed by atoms with Crippen LogP contribution in [-0.4, -0.2) is 33.6 Å². The SMILES string of the molecule is CC(C)Oc1ccc(Cl)c(CC2CCN(Cc3cc(=O)n(C4CCCCC4)c(=O)[nH]3)CC2)c1. The quantitative estimate of drug-likeness (QED) is 0.618. The third kappa shape index (κ3) is 6.30. The molecule has 2 fully saturated rings. The number of rotatable bonds is 7. The van der Waals surface area contributed by atoms with Crippen molar-refractivity contribution in [2.75, 3.05) is 13.1 Å². The molecule has 0 bridgehead atoms. The summed E-state index contributed by atoms with van der Waals surface area (Å²) in [6.45, 7) is 6.54. The van der Waals surface area contributed by atoms with E-state index < -0.39 is 0 Å². The normalized spacial score (nSPS) is 18.7. The van der Waals surface area contributed by atoms with Gasteiger partial charge >= 0.3 is 5.69 Å². The highest BCUT2D eigenvalue weighted by Crippen LogP contribution is 2.29. The maximum absolute atomic E-state index is 12.7. The van der Waals surface area contributed by atoms with E-state index in [1.165, 1.54) is 11.0 Å². The largest absolute Gasteiger partial charge is 0.491 e. The third-order valence-corrected chi connectivity index (χ3v) is 7.33. The topological polar surface area (TPSA) is 67.3 Å². The number of aromatic amines is 1. The molecule has 0 radical (unpaired) electrons. The number of ether oxygens (including phenoxy) is 1. The molecule has 6 nitrogen and oxygen atoms in total. The van der Waals surface area contributed by atoms with Gasteiger partial charge in [0, 0.05) is 29.4 Å². The van der Waals surface area contributed by atoms with E-state index in [4.69, 9.17) is 16.3 Å². The molecule has 0 unspecified atom stereocenters. The van der Waals surface area contributed by atoms with Crippen molar-refractivity contribution in [2.24, 2.45) is 5.92 Å². The Morgan fingerprint density at radius 2 is 1.79 bits per heavy atom. The first-order chi connectivity index (χ1) is 15.9. The predicted octanol–water partition coefficient (Wildman–Crippen LogP) is 4.94. The molecular weight excluding hydrogens is 438 g/mol. The van der Waals surface area contributed by atoms with Gasteiger partial charge < -0.3 is 9.72 Å². The summed E-state index contributed by atoms with van der Waals surface area (Å²) < 4.78 is 7.27. The van der Waals surface area contributed by atoms with Crippen LogP contribution >= 0.6 is 11.6 Å². The molecule has 7 heteroatoms. The maximum Gasteiger partial charge on any atom is 0.328 e. The summed E-state index contributed by atoms with van der Waals surface area (Å²) in [5.74, 6) is 1.43. The summed E-state index contributed by atoms with van der Waals surface area (Å²) in [4.78, 5) is 30.6. The Labute approximate surface area is 200 Å². The fourth-order valence-corrected chi connectivity index (χ4v) is 5.47. The van der Waals surface area contributed by atoms with Gasteiger partial charge in [-0.05, 0) is 88.7 Å². The summed E-state index contributed by atoms with van der Waals surface area (Å²) in [7, 11) is 0. The molecule has 1 saturated heterocycles. The van der Waals surface area contributed by atoms with Crippen LogP contribution in [0.5, 0.6) is 5.75 Å². The molecule has 1 aromatic carbocycles. The monoisotopic (exact) mass is 473 g/mol. The Kier molecular flexibility index (Phi) is 7.97. The minimum absolute atomic E-state index is 0.0519. The average molecular weight is 474 g/mol. The van der Waals surface area contributed by atoms with Crippen molar-refractivity contribution in [3.05, 3.63) is 61.4 Å². The smallest absolute Gasteiger partial charge is 0.328 e. The Bertz CT molecular complexity index is 1020. The lowest BCUT2D eigenvalue weighted by Gasteiger charge is -2.32. The summed E-state index contributed by atoms with van der Waals surface area (Å²) in [6.07, 6.45) is 8.43. The van der Waals surface area contributed by atoms with E-state index in [0.717, 1.165) is 80.1 Å². The number of H-pyrrole nitrogens is 1. The number of benzene rings is 1. The zero-order valence-electron chi connectivity index (χ0n) is 19.8. The maximum atomic E-state index is 12.7. The van der Waals surface area contributed by atoms with Gasteiger partial charge in [-0.3, -0.25) is 14.3 Å². The first-order valence-corrected chi connectivity index (χ1v) is 12.8. The molecule has 33 heavy (non-hydrogen) atoms. The van der Waals surface area contributed by atoms with Crippen LogP contribution in [0.15, 0.2) is 33.9 Å². The van der Waals surface area contributed by atoms with Crippen molar-refractivity contribution in [1.29, 1.82) is 0 Å². The van der Waals surface area contributed by atoms with Gasteiger partial charge in [0.05, 0.1) is 6.10 Å². The zero-order valence-corrected chi connectivity index (χ0v) is 20.6. The Morgan fingerprint density at radius 1 is 1.06 bits per heavy atom. The molecule has 0 spiro atoms. The third-order valence-electron chi connectivity index (χ3n) is 6.96. The van der Waals surface area contributed by atoms with Crippen molar-refractivity contribution < 1.29 is 4.74 Å². The van der Waals surface area contributed by atoms with Gasteiger partial charge in [0.15, 0.2) is 0 Å². The van der Waals surface area contributed by atoms with Crippen molar-refractivity contribution in [3.8, 4) is 5.75 Å². The fourth-order valence-electron chi connectivity index (χ4n) is 5.28. The predicted molar refractivity (Wildman–Crippen MR) is 132 cm³/mol. The molecule has 1 aliphatic carbocycles. The van der Waals surface area contributed by atoms with Crippen molar-refractivity contribution >= 4 is 11.6 Å². The molecule has 1 saturated carbocycles. The summed E-state index contributed by atoms with van der Waals surface area (Å²) in [6, 6.07) is 7.60. The molecule has 2 aromatic rings. The van der Waals surface area contributed by atoms with E-state index in [9.17, 15) is 9.59 Å². The first kappa shape index (κ1) is 24.1. The lowest BCUT2D eigenvalue weighted by atomic mass is 9.90. The van der Waals surface area contributed by atoms with Crippen LogP contribution in [0.25, 0.3) is 0 Å². The molecule has 1 N–H and O–H groups in total. The van der Waals surface area contributed by atoms with Gasteiger partial charge in [0.2, 0.25) is 0 Å². The van der Waals surface area contributed by atoms with Crippen LogP contribution < -0.4 is 16.0 Å². The number of hydrogen-bond donors (Lipinski definition) is 1. The summed E-state index contributed by atoms with van der Waals surface area (Å²) in [5, 5.41) is 0.796. The number of nitrogens with one attached hydrogen (secondary N) is 1. The molecule has 0 atom stereocenters. The van der Waals surface area contributed by atoms with E-state index in [1.54, 1.807) is 6.07 Å². The highest BCUT2D eigenvalue weighted by Gasteiger charge is 2.23. The molecule has 180 valence electrons. The standard InChI is InChI=1S/C26H36ClN3O3/c1-18(2)33-23-8-9-24(27)20(15-23)14-19-10-12-29(13-11-19)17-21-16-25(31)30(26(32)28-21)22-6-4-3-5-7-22/h8-9,15-16,18-19,22H,3-7,10-14,17H2,1-2H3,(H,28,32). The number of likely N-dealkylation sites (tertiary alicyclic amines) is 1. The van der Waals surface area contributed by atoms with Crippen LogP contribution in [0.3, 0.4) is 0 Å². The van der Waals surface area contributed by atoms with Crippen molar-refractivity contribution in [3.63, 3.8) is 0 Å². The fraction of sp³-hybridized carbons (Fsp3) is 0.615. The second-order valence-electron chi connectivity index (χ2n) is 9.94. The minimum Gasteiger partial charge on any atom is -0.491 e. The molecule has 2 aliphatic rings. The Hall–Kier alpha value is -2.05. The number of halogens is 1. The molecule has 1 aromatic heterocycles. The van der Waals surface area contributed by atoms with Gasteiger partial charge in [-0.15, -0.1) is 0 Å². The van der Waals surface area contributed by atoms with Crippen molar-refractivity contribution in [2.45, 2.75) is 83.9 Å². The lowest BCUT2D eigenvalue weighted by Crippen LogP contribution is -2.40. The summed E-state index contributed by atoms with van der Waals surface area (Å²) in [5.41, 5.74) is 1.45. The van der Waals surface area contributed by atoms with Gasteiger partial charge in [0.25, 0.3) is 5.56 Å². The van der Waals surface area contributed by atoms with E-state index in [1.807, 2.05) is 26.0 Å². The second-order valence-corrected chi connectivity index (χ2v) is 10.4. The first-order valence-electron chi connectivity index (χ1n) is 12.4. The Morgan fingerprint density at radius 3 is 2.45 bits per heavy atom. The zero-order chi connectivity index (χ0) is 23.4. The van der Waals surface area contributed by atoms with Crippen LogP contribution in [-0.2, 0) is 13.0 Å². The molecule has 2 heterocycles. The number of hydrogen-bond acceptors (Lipinski definition) is 4. The van der Waals surface area contributed by atoms with Gasteiger partial charge in [-0.25, -0.2) is 4.79 Å². The van der Waals surface area contributed by atoms with E-state index in [2.05, 4.69) is 16.0 Å². The van der Waals surface area contributed by atoms with E-state index >= 15 is 0 Å². The highest BCUT2D eigenvalue weighted by atomic mass is 35.5. The molecule has 4 rings (SSSR count). The highest BCUT2D eigenvalue weighted by molar-refractivity contribution is 6.31. The number of nitrogens with zero attached hydrogens (tertiary/aromatic N) is 2. The van der Waals surface area contributed by atoms with E-state index in [0.29, 0.717) is 12.5 Å². The summed E-state index contributed by atoms with van der Waals surface area (Å²) >= 11 is 6.46. The van der Waals surface area contributed by atoms with Gasteiger partial charge in [-0.2, -0.15) is 0 Å².